The molecule has 0 amide bonds. The molecule has 0 heterocycles. The zero-order chi connectivity index (χ0) is 42.2. The van der Waals surface area contributed by atoms with E-state index in [4.69, 9.17) is 24.8 Å². The highest BCUT2D eigenvalue weighted by Crippen LogP contribution is 2.43. The summed E-state index contributed by atoms with van der Waals surface area (Å²) in [6.07, 6.45) is 42.5. The van der Waals surface area contributed by atoms with E-state index in [0.717, 1.165) is 83.5 Å². The van der Waals surface area contributed by atoms with Gasteiger partial charge in [0, 0.05) is 12.8 Å². The first-order valence-electron chi connectivity index (χ1n) is 21.0. The summed E-state index contributed by atoms with van der Waals surface area (Å²) in [6.45, 7) is 2.23. The number of hydrogen-bond donors (Lipinski definition) is 4. The maximum absolute atomic E-state index is 12.6. The van der Waals surface area contributed by atoms with Gasteiger partial charge in [-0.25, -0.2) is 4.57 Å². The van der Waals surface area contributed by atoms with Crippen LogP contribution in [0, 0.1) is 0 Å². The molecule has 0 rings (SSSR count). The van der Waals surface area contributed by atoms with Crippen molar-refractivity contribution in [2.75, 3.05) is 19.8 Å². The number of allylic oxidation sites excluding steroid dienone is 12. The molecule has 5 N–H and O–H groups in total. The van der Waals surface area contributed by atoms with Gasteiger partial charge >= 0.3 is 25.7 Å². The number of carbonyl (C=O) groups is 3. The fourth-order valence-corrected chi connectivity index (χ4v) is 5.88. The number of aliphatic hydroxyl groups excluding tert-OH is 1. The van der Waals surface area contributed by atoms with Crippen molar-refractivity contribution in [2.45, 2.75) is 167 Å². The summed E-state index contributed by atoms with van der Waals surface area (Å²) >= 11 is 0. The molecule has 0 aliphatic rings. The Morgan fingerprint density at radius 2 is 1.07 bits per heavy atom. The molecule has 0 radical (unpaired) electrons. The van der Waals surface area contributed by atoms with Crippen molar-refractivity contribution in [3.05, 3.63) is 72.9 Å². The van der Waals surface area contributed by atoms with Crippen molar-refractivity contribution in [3.63, 3.8) is 0 Å². The minimum Gasteiger partial charge on any atom is -0.480 e. The molecule has 0 saturated carbocycles. The zero-order valence-electron chi connectivity index (χ0n) is 34.8. The molecule has 326 valence electrons. The fourth-order valence-electron chi connectivity index (χ4n) is 5.10. The van der Waals surface area contributed by atoms with Crippen LogP contribution in [0.15, 0.2) is 72.9 Å². The largest absolute Gasteiger partial charge is 0.480 e. The summed E-state index contributed by atoms with van der Waals surface area (Å²) in [5, 5.41) is 18.1. The first-order chi connectivity index (χ1) is 27.5. The Morgan fingerprint density at radius 3 is 1.61 bits per heavy atom. The first kappa shape index (κ1) is 53.9. The van der Waals surface area contributed by atoms with Crippen LogP contribution in [0.25, 0.3) is 0 Å². The molecule has 1 unspecified atom stereocenters. The van der Waals surface area contributed by atoms with Crippen LogP contribution in [0.4, 0.5) is 0 Å². The minimum absolute atomic E-state index is 0.0666. The van der Waals surface area contributed by atoms with E-state index in [2.05, 4.69) is 72.2 Å². The summed E-state index contributed by atoms with van der Waals surface area (Å²) in [7, 11) is -4.74. The molecule has 4 atom stereocenters. The SMILES string of the molecule is CCCCC/C=C\C/C=C\CCCCCCCC(=O)OC[C@H](COP(=O)(O)OC[C@H](N)C(=O)O)OC(=O)CCC/C=C\C/C=C\C/C=C\C/C=C\CCC[C@H](C)O. The third-order valence-corrected chi connectivity index (χ3v) is 9.40. The van der Waals surface area contributed by atoms with Crippen LogP contribution in [-0.2, 0) is 37.5 Å². The predicted molar refractivity (Wildman–Crippen MR) is 227 cm³/mol. The van der Waals surface area contributed by atoms with E-state index in [0.29, 0.717) is 19.3 Å². The van der Waals surface area contributed by atoms with Gasteiger partial charge in [0.05, 0.1) is 19.3 Å². The van der Waals surface area contributed by atoms with Crippen LogP contribution in [0.3, 0.4) is 0 Å². The molecule has 0 bridgehead atoms. The van der Waals surface area contributed by atoms with Crippen molar-refractivity contribution < 1.29 is 52.6 Å². The number of hydrogen-bond acceptors (Lipinski definition) is 10. The Kier molecular flexibility index (Phi) is 36.3. The molecule has 12 nitrogen and oxygen atoms in total. The smallest absolute Gasteiger partial charge is 0.472 e. The number of aliphatic hydroxyl groups is 1. The van der Waals surface area contributed by atoms with Gasteiger partial charge in [-0.15, -0.1) is 0 Å². The van der Waals surface area contributed by atoms with Crippen LogP contribution in [-0.4, -0.2) is 71.1 Å². The molecule has 0 aliphatic carbocycles. The topological polar surface area (TPSA) is 192 Å². The van der Waals surface area contributed by atoms with Crippen molar-refractivity contribution in [2.24, 2.45) is 5.73 Å². The highest BCUT2D eigenvalue weighted by molar-refractivity contribution is 7.47. The molecular formula is C44H74NO11P. The van der Waals surface area contributed by atoms with Gasteiger partial charge in [0.1, 0.15) is 12.6 Å². The Hall–Kier alpha value is -3.12. The van der Waals surface area contributed by atoms with Gasteiger partial charge in [0.15, 0.2) is 6.10 Å². The van der Waals surface area contributed by atoms with Crippen LogP contribution >= 0.6 is 7.82 Å². The lowest BCUT2D eigenvalue weighted by Gasteiger charge is -2.20. The summed E-state index contributed by atoms with van der Waals surface area (Å²) in [4.78, 5) is 45.9. The lowest BCUT2D eigenvalue weighted by molar-refractivity contribution is -0.161. The van der Waals surface area contributed by atoms with Crippen molar-refractivity contribution >= 4 is 25.7 Å². The molecule has 0 aromatic heterocycles. The number of phosphoric acid groups is 1. The van der Waals surface area contributed by atoms with E-state index in [9.17, 15) is 28.9 Å². The Bertz CT molecular complexity index is 1260. The Labute approximate surface area is 343 Å². The van der Waals surface area contributed by atoms with Crippen molar-refractivity contribution in [1.29, 1.82) is 0 Å². The van der Waals surface area contributed by atoms with Crippen LogP contribution in [0.2, 0.25) is 0 Å². The second-order valence-electron chi connectivity index (χ2n) is 14.0. The second-order valence-corrected chi connectivity index (χ2v) is 15.5. The maximum Gasteiger partial charge on any atom is 0.472 e. The molecule has 0 aliphatic heterocycles. The average Bonchev–Trinajstić information content (AvgIpc) is 3.17. The maximum atomic E-state index is 12.6. The Balaban J connectivity index is 4.53. The van der Waals surface area contributed by atoms with Gasteiger partial charge in [0.25, 0.3) is 0 Å². The zero-order valence-corrected chi connectivity index (χ0v) is 35.7. The second kappa shape index (κ2) is 38.4. The highest BCUT2D eigenvalue weighted by atomic mass is 31.2. The number of aliphatic carboxylic acids is 1. The van der Waals surface area contributed by atoms with E-state index in [1.807, 2.05) is 19.1 Å². The standard InChI is InChI=1S/C44H74NO11P/c1-3-4-5-6-7-8-9-10-12-16-19-22-25-28-31-34-42(47)53-36-40(37-54-57(51,52)55-38-41(45)44(49)50)56-43(48)35-32-29-26-23-20-17-14-11-13-15-18-21-24-27-30-33-39(2)46/h7-8,10,12-15,17,21,23-24,26,39-41,46H,3-6,9,11,16,18-20,22,25,27-38,45H2,1-2H3,(H,49,50)(H,51,52)/b8-7-,12-10-,15-13-,17-14-,24-21-,26-23-/t39-,40+,41-/m0/s1. The van der Waals surface area contributed by atoms with Gasteiger partial charge in [0.2, 0.25) is 0 Å². The molecule has 0 fully saturated rings. The summed E-state index contributed by atoms with van der Waals surface area (Å²) in [5.41, 5.74) is 5.32. The van der Waals surface area contributed by atoms with Gasteiger partial charge in [-0.05, 0) is 96.8 Å². The molecule has 0 saturated heterocycles. The third-order valence-electron chi connectivity index (χ3n) is 8.45. The molecule has 0 aromatic carbocycles. The van der Waals surface area contributed by atoms with Gasteiger partial charge in [-0.1, -0.05) is 112 Å². The predicted octanol–water partition coefficient (Wildman–Crippen LogP) is 9.92. The van der Waals surface area contributed by atoms with E-state index >= 15 is 0 Å². The molecular weight excluding hydrogens is 749 g/mol. The third kappa shape index (κ3) is 39.5. The molecule has 57 heavy (non-hydrogen) atoms. The number of esters is 2. The van der Waals surface area contributed by atoms with Crippen LogP contribution in [0.1, 0.15) is 149 Å². The quantitative estimate of drug-likeness (QED) is 0.0200. The number of ether oxygens (including phenoxy) is 2. The number of phosphoric ester groups is 1. The summed E-state index contributed by atoms with van der Waals surface area (Å²) in [6, 6.07) is -1.54. The van der Waals surface area contributed by atoms with Crippen molar-refractivity contribution in [1.82, 2.24) is 0 Å². The van der Waals surface area contributed by atoms with Gasteiger partial charge < -0.3 is 30.3 Å². The number of nitrogens with two attached hydrogens (primary N) is 1. The van der Waals surface area contributed by atoms with E-state index in [1.54, 1.807) is 0 Å². The normalized spacial score (nSPS) is 15.0. The van der Waals surface area contributed by atoms with E-state index in [1.165, 1.54) is 19.3 Å². The summed E-state index contributed by atoms with van der Waals surface area (Å²) in [5.74, 6) is -2.50. The number of rotatable bonds is 38. The monoisotopic (exact) mass is 823 g/mol. The van der Waals surface area contributed by atoms with Crippen LogP contribution in [0.5, 0.6) is 0 Å². The molecule has 13 heteroatoms. The molecule has 0 aromatic rings. The number of carbonyl (C=O) groups excluding carboxylic acids is 2. The van der Waals surface area contributed by atoms with Gasteiger partial charge in [-0.2, -0.15) is 0 Å². The number of carboxylic acids is 1. The summed E-state index contributed by atoms with van der Waals surface area (Å²) < 4.78 is 32.6. The van der Waals surface area contributed by atoms with E-state index < -0.39 is 51.1 Å². The fraction of sp³-hybridized carbons (Fsp3) is 0.659. The van der Waals surface area contributed by atoms with Gasteiger partial charge in [-0.3, -0.25) is 23.4 Å². The average molecular weight is 824 g/mol. The lowest BCUT2D eigenvalue weighted by Crippen LogP contribution is -2.34. The van der Waals surface area contributed by atoms with Crippen LogP contribution < -0.4 is 5.73 Å². The number of carboxylic acid groups (broad SMARTS) is 1. The lowest BCUT2D eigenvalue weighted by atomic mass is 10.1. The number of unbranched alkanes of at least 4 members (excludes halogenated alkanes) is 10. The minimum atomic E-state index is -4.74. The molecule has 0 spiro atoms. The highest BCUT2D eigenvalue weighted by Gasteiger charge is 2.28. The van der Waals surface area contributed by atoms with Crippen molar-refractivity contribution in [3.8, 4) is 0 Å². The Morgan fingerprint density at radius 1 is 0.614 bits per heavy atom. The first-order valence-corrected chi connectivity index (χ1v) is 22.5. The van der Waals surface area contributed by atoms with E-state index in [-0.39, 0.29) is 25.6 Å².